The maximum absolute atomic E-state index is 10.8. The highest BCUT2D eigenvalue weighted by Gasteiger charge is 2.21. The van der Waals surface area contributed by atoms with Crippen LogP contribution in [0, 0.1) is 10.1 Å². The summed E-state index contributed by atoms with van der Waals surface area (Å²) in [6.07, 6.45) is 1.48. The number of nitrogens with one attached hydrogen (secondary N) is 1. The molecule has 1 heterocycles. The van der Waals surface area contributed by atoms with E-state index in [4.69, 9.17) is 4.74 Å². The van der Waals surface area contributed by atoms with Gasteiger partial charge in [0.2, 0.25) is 0 Å². The second-order valence-electron chi connectivity index (χ2n) is 3.18. The van der Waals surface area contributed by atoms with E-state index in [1.54, 1.807) is 0 Å². The van der Waals surface area contributed by atoms with Gasteiger partial charge in [-0.05, 0) is 0 Å². The molecule has 2 rings (SSSR count). The smallest absolute Gasteiger partial charge is 0.311 e. The molecule has 0 saturated carbocycles. The van der Waals surface area contributed by atoms with E-state index < -0.39 is 4.92 Å². The molecule has 0 unspecified atom stereocenters. The van der Waals surface area contributed by atoms with Gasteiger partial charge in [0.05, 0.1) is 24.1 Å². The Balaban J connectivity index is 2.66. The molecule has 0 saturated heterocycles. The minimum atomic E-state index is -0.495. The molecule has 1 aliphatic rings. The summed E-state index contributed by atoms with van der Waals surface area (Å²) in [5.74, 6) is 0.190. The normalized spacial score (nSPS) is 12.9. The fraction of sp³-hybridized carbons (Fsp3) is 0.100. The molecule has 0 fully saturated rings. The van der Waals surface area contributed by atoms with Crippen molar-refractivity contribution in [3.63, 3.8) is 0 Å². The van der Waals surface area contributed by atoms with Crippen LogP contribution in [0.4, 0.5) is 11.4 Å². The zero-order valence-electron chi connectivity index (χ0n) is 8.56. The molecule has 0 radical (unpaired) electrons. The summed E-state index contributed by atoms with van der Waals surface area (Å²) in [5, 5.41) is 13.6. The summed E-state index contributed by atoms with van der Waals surface area (Å²) in [6, 6.07) is 2.93. The monoisotopic (exact) mass is 219 g/mol. The lowest BCUT2D eigenvalue weighted by atomic mass is 10.1. The topological polar surface area (TPSA) is 76.8 Å². The number of ether oxygens (including phenoxy) is 1. The van der Waals surface area contributed by atoms with Crippen LogP contribution in [0.5, 0.6) is 5.75 Å². The molecule has 1 aromatic rings. The molecular formula is C10H9N3O3. The number of aliphatic imine (C=N–C) groups is 1. The minimum absolute atomic E-state index is 0.0960. The van der Waals surface area contributed by atoms with E-state index in [9.17, 15) is 10.1 Å². The van der Waals surface area contributed by atoms with Crippen molar-refractivity contribution in [3.8, 4) is 5.75 Å². The van der Waals surface area contributed by atoms with Crippen LogP contribution in [-0.2, 0) is 0 Å². The Labute approximate surface area is 91.4 Å². The van der Waals surface area contributed by atoms with Crippen LogP contribution >= 0.6 is 0 Å². The second-order valence-corrected chi connectivity index (χ2v) is 3.18. The lowest BCUT2D eigenvalue weighted by Gasteiger charge is -2.14. The molecule has 0 bridgehead atoms. The first-order valence-corrected chi connectivity index (χ1v) is 4.48. The summed E-state index contributed by atoms with van der Waals surface area (Å²) >= 11 is 0. The number of nitrogens with zero attached hydrogens (tertiary/aromatic N) is 2. The third-order valence-electron chi connectivity index (χ3n) is 2.26. The number of rotatable bonds is 2. The highest BCUT2D eigenvalue weighted by atomic mass is 16.6. The Morgan fingerprint density at radius 1 is 1.56 bits per heavy atom. The van der Waals surface area contributed by atoms with Gasteiger partial charge in [0.15, 0.2) is 5.75 Å². The van der Waals surface area contributed by atoms with Crippen molar-refractivity contribution in [1.29, 1.82) is 0 Å². The third kappa shape index (κ3) is 1.50. The van der Waals surface area contributed by atoms with Crippen LogP contribution in [0.15, 0.2) is 23.7 Å². The van der Waals surface area contributed by atoms with Crippen molar-refractivity contribution < 1.29 is 9.66 Å². The van der Waals surface area contributed by atoms with Gasteiger partial charge < -0.3 is 10.1 Å². The first kappa shape index (κ1) is 10.2. The molecule has 82 valence electrons. The highest BCUT2D eigenvalue weighted by molar-refractivity contribution is 5.88. The number of methoxy groups -OCH3 is 1. The highest BCUT2D eigenvalue weighted by Crippen LogP contribution is 2.37. The number of nitro groups is 1. The Morgan fingerprint density at radius 3 is 2.94 bits per heavy atom. The van der Waals surface area contributed by atoms with Crippen molar-refractivity contribution >= 4 is 23.4 Å². The summed E-state index contributed by atoms with van der Waals surface area (Å²) in [4.78, 5) is 14.4. The summed E-state index contributed by atoms with van der Waals surface area (Å²) in [5.41, 5.74) is 1.69. The van der Waals surface area contributed by atoms with E-state index in [0.717, 1.165) is 0 Å². The quantitative estimate of drug-likeness (QED) is 0.608. The van der Waals surface area contributed by atoms with Crippen LogP contribution in [0.25, 0.3) is 5.70 Å². The van der Waals surface area contributed by atoms with Gasteiger partial charge in [-0.3, -0.25) is 10.1 Å². The van der Waals surface area contributed by atoms with Crippen molar-refractivity contribution in [2.24, 2.45) is 4.99 Å². The lowest BCUT2D eigenvalue weighted by molar-refractivity contribution is -0.385. The molecule has 1 aromatic carbocycles. The zero-order valence-corrected chi connectivity index (χ0v) is 8.56. The van der Waals surface area contributed by atoms with Crippen molar-refractivity contribution in [2.45, 2.75) is 0 Å². The first-order chi connectivity index (χ1) is 7.63. The largest absolute Gasteiger partial charge is 0.490 e. The fourth-order valence-corrected chi connectivity index (χ4v) is 1.47. The van der Waals surface area contributed by atoms with E-state index >= 15 is 0 Å². The number of nitro benzene ring substituents is 1. The van der Waals surface area contributed by atoms with Gasteiger partial charge in [-0.1, -0.05) is 6.58 Å². The van der Waals surface area contributed by atoms with E-state index in [2.05, 4.69) is 16.9 Å². The number of benzene rings is 1. The molecule has 6 nitrogen and oxygen atoms in total. The Hall–Kier alpha value is -2.37. The molecule has 1 aliphatic heterocycles. The van der Waals surface area contributed by atoms with E-state index in [1.807, 2.05) is 0 Å². The maximum atomic E-state index is 10.8. The van der Waals surface area contributed by atoms with Gasteiger partial charge in [0, 0.05) is 23.4 Å². The predicted molar refractivity (Wildman–Crippen MR) is 60.0 cm³/mol. The van der Waals surface area contributed by atoms with Crippen molar-refractivity contribution in [1.82, 2.24) is 5.32 Å². The summed E-state index contributed by atoms with van der Waals surface area (Å²) in [7, 11) is 1.38. The molecule has 0 atom stereocenters. The average molecular weight is 219 g/mol. The minimum Gasteiger partial charge on any atom is -0.490 e. The van der Waals surface area contributed by atoms with E-state index in [-0.39, 0.29) is 11.4 Å². The molecule has 1 N–H and O–H groups in total. The molecule has 0 spiro atoms. The van der Waals surface area contributed by atoms with Crippen LogP contribution in [0.1, 0.15) is 5.56 Å². The number of fused-ring (bicyclic) bond motifs is 1. The van der Waals surface area contributed by atoms with Gasteiger partial charge >= 0.3 is 5.69 Å². The standard InChI is InChI=1S/C10H9N3O3/c1-6-7-3-9(13(14)15)10(16-2)4-8(7)12-5-11-6/h3-5H,1H2,2H3,(H,11,12). The Bertz CT molecular complexity index is 508. The van der Waals surface area contributed by atoms with Gasteiger partial charge in [0.1, 0.15) is 0 Å². The molecule has 0 aromatic heterocycles. The number of hydrogen-bond acceptors (Lipinski definition) is 5. The predicted octanol–water partition coefficient (Wildman–Crippen LogP) is 1.84. The van der Waals surface area contributed by atoms with Gasteiger partial charge in [-0.25, -0.2) is 4.99 Å². The van der Waals surface area contributed by atoms with Crippen LogP contribution < -0.4 is 10.1 Å². The van der Waals surface area contributed by atoms with E-state index in [1.165, 1.54) is 25.6 Å². The molecule has 6 heteroatoms. The summed E-state index contributed by atoms with van der Waals surface area (Å²) in [6.45, 7) is 3.75. The Kier molecular flexibility index (Phi) is 2.32. The molecule has 0 amide bonds. The molecule has 0 aliphatic carbocycles. The molecular weight excluding hydrogens is 210 g/mol. The SMILES string of the molecule is C=C1NC=Nc2cc(OC)c([N+](=O)[O-])cc21. The van der Waals surface area contributed by atoms with E-state index in [0.29, 0.717) is 16.9 Å². The average Bonchev–Trinajstić information content (AvgIpc) is 2.27. The van der Waals surface area contributed by atoms with Crippen molar-refractivity contribution in [2.75, 3.05) is 7.11 Å². The first-order valence-electron chi connectivity index (χ1n) is 4.48. The second kappa shape index (κ2) is 3.65. The fourth-order valence-electron chi connectivity index (χ4n) is 1.47. The van der Waals surface area contributed by atoms with Crippen LogP contribution in [0.3, 0.4) is 0 Å². The summed E-state index contributed by atoms with van der Waals surface area (Å²) < 4.78 is 4.94. The van der Waals surface area contributed by atoms with Crippen LogP contribution in [-0.4, -0.2) is 18.4 Å². The van der Waals surface area contributed by atoms with Gasteiger partial charge in [0.25, 0.3) is 0 Å². The Morgan fingerprint density at radius 2 is 2.31 bits per heavy atom. The zero-order chi connectivity index (χ0) is 11.7. The van der Waals surface area contributed by atoms with Gasteiger partial charge in [-0.15, -0.1) is 0 Å². The van der Waals surface area contributed by atoms with Crippen molar-refractivity contribution in [3.05, 3.63) is 34.4 Å². The number of hydrogen-bond donors (Lipinski definition) is 1. The van der Waals surface area contributed by atoms with Gasteiger partial charge in [-0.2, -0.15) is 0 Å². The lowest BCUT2D eigenvalue weighted by Crippen LogP contribution is -2.12. The molecule has 16 heavy (non-hydrogen) atoms. The maximum Gasteiger partial charge on any atom is 0.311 e. The third-order valence-corrected chi connectivity index (χ3v) is 2.26. The van der Waals surface area contributed by atoms with Crippen LogP contribution in [0.2, 0.25) is 0 Å².